The van der Waals surface area contributed by atoms with Gasteiger partial charge in [0.2, 0.25) is 0 Å². The van der Waals surface area contributed by atoms with Crippen LogP contribution in [-0.4, -0.2) is 59.3 Å². The first-order valence-electron chi connectivity index (χ1n) is 8.29. The fraction of sp³-hybridized carbons (Fsp3) is 1.00. The van der Waals surface area contributed by atoms with Gasteiger partial charge in [0.1, 0.15) is 0 Å². The standard InChI is InChI=1S/C8H17N.C7H16N2.C2H6.CH4/c1-8(2,3)9-6-4-5-7-9;1-7(2,3)9-5-8(4)6-9;1-2;/h4-7H2,1-3H3;5-6H2,1-4H3;1-2H3;1H4. The van der Waals surface area contributed by atoms with Gasteiger partial charge in [-0.2, -0.15) is 0 Å². The largest absolute Gasteiger partial charge is 0.298 e. The second-order valence-electron chi connectivity index (χ2n) is 7.71. The average Bonchev–Trinajstić information content (AvgIpc) is 2.80. The molecule has 0 aliphatic carbocycles. The molecule has 2 aliphatic heterocycles. The second-order valence-corrected chi connectivity index (χ2v) is 7.71. The molecule has 0 spiro atoms. The monoisotopic (exact) mass is 301 g/mol. The van der Waals surface area contributed by atoms with E-state index in [1.807, 2.05) is 13.8 Å². The molecule has 130 valence electrons. The van der Waals surface area contributed by atoms with Gasteiger partial charge in [-0.3, -0.25) is 14.7 Å². The third-order valence-electron chi connectivity index (χ3n) is 3.83. The molecule has 0 aromatic carbocycles. The molecular weight excluding hydrogens is 258 g/mol. The van der Waals surface area contributed by atoms with Gasteiger partial charge < -0.3 is 0 Å². The van der Waals surface area contributed by atoms with Crippen LogP contribution in [0, 0.1) is 0 Å². The molecule has 0 amide bonds. The Morgan fingerprint density at radius 3 is 1.14 bits per heavy atom. The summed E-state index contributed by atoms with van der Waals surface area (Å²) < 4.78 is 0. The van der Waals surface area contributed by atoms with Crippen molar-refractivity contribution < 1.29 is 0 Å². The van der Waals surface area contributed by atoms with Crippen LogP contribution in [-0.2, 0) is 0 Å². The number of hydrogen-bond acceptors (Lipinski definition) is 3. The molecule has 0 N–H and O–H groups in total. The SMILES string of the molecule is C.CC.CC(C)(C)N1CCCC1.CN1CN(C(C)(C)C)C1. The maximum absolute atomic E-state index is 2.55. The topological polar surface area (TPSA) is 9.72 Å². The smallest absolute Gasteiger partial charge is 0.0532 e. The summed E-state index contributed by atoms with van der Waals surface area (Å²) in [5.41, 5.74) is 0.781. The minimum atomic E-state index is 0. The Morgan fingerprint density at radius 2 is 1.00 bits per heavy atom. The Morgan fingerprint density at radius 1 is 0.667 bits per heavy atom. The third kappa shape index (κ3) is 8.80. The fourth-order valence-electron chi connectivity index (χ4n) is 2.35. The molecule has 0 aromatic rings. The fourth-order valence-corrected chi connectivity index (χ4v) is 2.35. The van der Waals surface area contributed by atoms with Gasteiger partial charge in [0.05, 0.1) is 13.3 Å². The van der Waals surface area contributed by atoms with Gasteiger partial charge in [0.15, 0.2) is 0 Å². The lowest BCUT2D eigenvalue weighted by molar-refractivity contribution is -0.0700. The second kappa shape index (κ2) is 9.81. The van der Waals surface area contributed by atoms with Crippen LogP contribution in [0.4, 0.5) is 0 Å². The first-order chi connectivity index (χ1) is 9.10. The quantitative estimate of drug-likeness (QED) is 0.652. The van der Waals surface area contributed by atoms with Gasteiger partial charge in [-0.05, 0) is 74.5 Å². The summed E-state index contributed by atoms with van der Waals surface area (Å²) in [5.74, 6) is 0. The van der Waals surface area contributed by atoms with E-state index in [0.717, 1.165) is 13.3 Å². The van der Waals surface area contributed by atoms with Crippen LogP contribution in [0.15, 0.2) is 0 Å². The van der Waals surface area contributed by atoms with Gasteiger partial charge in [-0.25, -0.2) is 0 Å². The molecule has 0 saturated carbocycles. The van der Waals surface area contributed by atoms with Crippen molar-refractivity contribution in [3.8, 4) is 0 Å². The first-order valence-corrected chi connectivity index (χ1v) is 8.29. The van der Waals surface area contributed by atoms with Gasteiger partial charge in [-0.1, -0.05) is 21.3 Å². The van der Waals surface area contributed by atoms with Crippen molar-refractivity contribution >= 4 is 0 Å². The van der Waals surface area contributed by atoms with Gasteiger partial charge in [0.25, 0.3) is 0 Å². The molecule has 2 aliphatic rings. The zero-order chi connectivity index (χ0) is 16.0. The molecule has 0 unspecified atom stereocenters. The number of rotatable bonds is 0. The Labute approximate surface area is 135 Å². The van der Waals surface area contributed by atoms with E-state index < -0.39 is 0 Å². The van der Waals surface area contributed by atoms with E-state index in [1.54, 1.807) is 0 Å². The molecule has 0 atom stereocenters. The third-order valence-corrected chi connectivity index (χ3v) is 3.83. The van der Waals surface area contributed by atoms with E-state index in [2.05, 4.69) is 63.3 Å². The van der Waals surface area contributed by atoms with Crippen molar-refractivity contribution in [2.45, 2.75) is 86.7 Å². The lowest BCUT2D eigenvalue weighted by Crippen LogP contribution is -2.60. The molecule has 2 rings (SSSR count). The predicted octanol–water partition coefficient (Wildman–Crippen LogP) is 4.49. The lowest BCUT2D eigenvalue weighted by Gasteiger charge is -2.48. The predicted molar refractivity (Wildman–Crippen MR) is 97.7 cm³/mol. The molecule has 3 nitrogen and oxygen atoms in total. The maximum Gasteiger partial charge on any atom is 0.0532 e. The van der Waals surface area contributed by atoms with Crippen LogP contribution < -0.4 is 0 Å². The molecule has 3 heteroatoms. The maximum atomic E-state index is 2.55. The van der Waals surface area contributed by atoms with Gasteiger partial charge >= 0.3 is 0 Å². The molecule has 2 fully saturated rings. The highest BCUT2D eigenvalue weighted by atomic mass is 15.5. The highest BCUT2D eigenvalue weighted by molar-refractivity contribution is 4.80. The van der Waals surface area contributed by atoms with Crippen LogP contribution in [0.5, 0.6) is 0 Å². The molecule has 2 heterocycles. The molecule has 0 bridgehead atoms. The van der Waals surface area contributed by atoms with Crippen LogP contribution in [0.25, 0.3) is 0 Å². The Kier molecular flexibility index (Phi) is 10.8. The highest BCUT2D eigenvalue weighted by Gasteiger charge is 2.29. The molecule has 21 heavy (non-hydrogen) atoms. The van der Waals surface area contributed by atoms with Gasteiger partial charge in [0, 0.05) is 11.1 Å². The van der Waals surface area contributed by atoms with Crippen LogP contribution in [0.3, 0.4) is 0 Å². The van der Waals surface area contributed by atoms with Crippen LogP contribution >= 0.6 is 0 Å². The zero-order valence-corrected chi connectivity index (χ0v) is 15.6. The Hall–Kier alpha value is -0.120. The number of hydrogen-bond donors (Lipinski definition) is 0. The minimum Gasteiger partial charge on any atom is -0.298 e. The Balaban J connectivity index is 0. The van der Waals surface area contributed by atoms with E-state index in [-0.39, 0.29) is 7.43 Å². The van der Waals surface area contributed by atoms with Crippen molar-refractivity contribution in [1.82, 2.24) is 14.7 Å². The number of nitrogens with zero attached hydrogens (tertiary/aromatic N) is 3. The van der Waals surface area contributed by atoms with E-state index in [0.29, 0.717) is 11.1 Å². The van der Waals surface area contributed by atoms with E-state index in [1.165, 1.54) is 25.9 Å². The molecular formula is C18H43N3. The average molecular weight is 302 g/mol. The minimum absolute atomic E-state index is 0. The summed E-state index contributed by atoms with van der Waals surface area (Å²) >= 11 is 0. The van der Waals surface area contributed by atoms with Crippen LogP contribution in [0.1, 0.15) is 75.7 Å². The van der Waals surface area contributed by atoms with Crippen molar-refractivity contribution in [2.75, 3.05) is 33.5 Å². The van der Waals surface area contributed by atoms with Crippen molar-refractivity contribution in [3.05, 3.63) is 0 Å². The summed E-state index contributed by atoms with van der Waals surface area (Å²) in [6.45, 7) is 22.5. The normalized spacial score (nSPS) is 20.4. The Bertz CT molecular complexity index is 238. The summed E-state index contributed by atoms with van der Waals surface area (Å²) in [6.07, 6.45) is 2.80. The van der Waals surface area contributed by atoms with E-state index in [4.69, 9.17) is 0 Å². The molecule has 0 radical (unpaired) electrons. The van der Waals surface area contributed by atoms with E-state index in [9.17, 15) is 0 Å². The summed E-state index contributed by atoms with van der Waals surface area (Å²) in [7, 11) is 2.14. The summed E-state index contributed by atoms with van der Waals surface area (Å²) in [6, 6.07) is 0. The molecule has 0 aromatic heterocycles. The first kappa shape index (κ1) is 23.2. The summed E-state index contributed by atoms with van der Waals surface area (Å²) in [4.78, 5) is 7.28. The lowest BCUT2D eigenvalue weighted by atomic mass is 10.1. The molecule has 2 saturated heterocycles. The van der Waals surface area contributed by atoms with Gasteiger partial charge in [-0.15, -0.1) is 0 Å². The van der Waals surface area contributed by atoms with Crippen molar-refractivity contribution in [1.29, 1.82) is 0 Å². The highest BCUT2D eigenvalue weighted by Crippen LogP contribution is 2.19. The van der Waals surface area contributed by atoms with Crippen molar-refractivity contribution in [3.63, 3.8) is 0 Å². The number of likely N-dealkylation sites (tertiary alicyclic amines) is 1. The zero-order valence-electron chi connectivity index (χ0n) is 15.6. The van der Waals surface area contributed by atoms with Crippen molar-refractivity contribution in [2.24, 2.45) is 0 Å². The summed E-state index contributed by atoms with van der Waals surface area (Å²) in [5, 5.41) is 0. The van der Waals surface area contributed by atoms with Crippen LogP contribution in [0.2, 0.25) is 0 Å². The van der Waals surface area contributed by atoms with E-state index >= 15 is 0 Å².